The molecule has 4 nitrogen and oxygen atoms in total. The number of nitrogens with one attached hydrogen (secondary N) is 2. The third-order valence-corrected chi connectivity index (χ3v) is 2.81. The van der Waals surface area contributed by atoms with Gasteiger partial charge in [0, 0.05) is 5.69 Å². The SMILES string of the molecule is Cc1ccc(NC(=O)[C@@H]2CCCCN2)cn1. The molecule has 1 fully saturated rings. The highest BCUT2D eigenvalue weighted by molar-refractivity contribution is 5.94. The molecule has 2 N–H and O–H groups in total. The molecule has 4 heteroatoms. The number of anilines is 1. The van der Waals surface area contributed by atoms with Gasteiger partial charge in [-0.25, -0.2) is 0 Å². The van der Waals surface area contributed by atoms with Crippen LogP contribution in [0, 0.1) is 6.92 Å². The molecular weight excluding hydrogens is 202 g/mol. The quantitative estimate of drug-likeness (QED) is 0.792. The van der Waals surface area contributed by atoms with Gasteiger partial charge in [0.25, 0.3) is 0 Å². The van der Waals surface area contributed by atoms with Crippen LogP contribution in [0.25, 0.3) is 0 Å². The molecule has 0 radical (unpaired) electrons. The number of nitrogens with zero attached hydrogens (tertiary/aromatic N) is 1. The minimum Gasteiger partial charge on any atom is -0.323 e. The highest BCUT2D eigenvalue weighted by Gasteiger charge is 2.20. The van der Waals surface area contributed by atoms with Crippen LogP contribution in [0.3, 0.4) is 0 Å². The molecule has 0 aromatic carbocycles. The summed E-state index contributed by atoms with van der Waals surface area (Å²) in [6.45, 7) is 2.86. The maximum Gasteiger partial charge on any atom is 0.241 e. The van der Waals surface area contributed by atoms with Crippen LogP contribution in [0.4, 0.5) is 5.69 Å². The zero-order chi connectivity index (χ0) is 11.4. The maximum atomic E-state index is 11.9. The molecular formula is C12H17N3O. The number of hydrogen-bond acceptors (Lipinski definition) is 3. The molecule has 1 aliphatic heterocycles. The Morgan fingerprint density at radius 3 is 3.00 bits per heavy atom. The maximum absolute atomic E-state index is 11.9. The summed E-state index contributed by atoms with van der Waals surface area (Å²) in [7, 11) is 0. The van der Waals surface area contributed by atoms with Crippen LogP contribution in [-0.2, 0) is 4.79 Å². The van der Waals surface area contributed by atoms with E-state index in [-0.39, 0.29) is 11.9 Å². The van der Waals surface area contributed by atoms with Gasteiger partial charge in [0.1, 0.15) is 0 Å². The van der Waals surface area contributed by atoms with Gasteiger partial charge >= 0.3 is 0 Å². The monoisotopic (exact) mass is 219 g/mol. The lowest BCUT2D eigenvalue weighted by Gasteiger charge is -2.22. The summed E-state index contributed by atoms with van der Waals surface area (Å²) >= 11 is 0. The molecule has 0 unspecified atom stereocenters. The predicted molar refractivity (Wildman–Crippen MR) is 63.2 cm³/mol. The molecule has 1 amide bonds. The van der Waals surface area contributed by atoms with Crippen LogP contribution < -0.4 is 10.6 Å². The van der Waals surface area contributed by atoms with Crippen molar-refractivity contribution in [3.05, 3.63) is 24.0 Å². The first-order valence-electron chi connectivity index (χ1n) is 5.72. The van der Waals surface area contributed by atoms with E-state index in [4.69, 9.17) is 0 Å². The molecule has 16 heavy (non-hydrogen) atoms. The lowest BCUT2D eigenvalue weighted by atomic mass is 10.0. The Morgan fingerprint density at radius 1 is 1.50 bits per heavy atom. The number of carbonyl (C=O) groups excluding carboxylic acids is 1. The Labute approximate surface area is 95.5 Å². The summed E-state index contributed by atoms with van der Waals surface area (Å²) < 4.78 is 0. The molecule has 0 spiro atoms. The fraction of sp³-hybridized carbons (Fsp3) is 0.500. The van der Waals surface area contributed by atoms with Crippen LogP contribution in [0.5, 0.6) is 0 Å². The first-order valence-corrected chi connectivity index (χ1v) is 5.72. The van der Waals surface area contributed by atoms with Gasteiger partial charge < -0.3 is 10.6 Å². The van der Waals surface area contributed by atoms with Crippen LogP contribution in [0.15, 0.2) is 18.3 Å². The van der Waals surface area contributed by atoms with Crippen molar-refractivity contribution in [1.29, 1.82) is 0 Å². The van der Waals surface area contributed by atoms with Crippen molar-refractivity contribution in [2.24, 2.45) is 0 Å². The average molecular weight is 219 g/mol. The van der Waals surface area contributed by atoms with Crippen molar-refractivity contribution in [3.8, 4) is 0 Å². The Kier molecular flexibility index (Phi) is 3.51. The molecule has 1 aromatic heterocycles. The fourth-order valence-corrected chi connectivity index (χ4v) is 1.85. The predicted octanol–water partition coefficient (Wildman–Crippen LogP) is 1.47. The Balaban J connectivity index is 1.93. The summed E-state index contributed by atoms with van der Waals surface area (Å²) in [5, 5.41) is 6.09. The van der Waals surface area contributed by atoms with Crippen molar-refractivity contribution in [2.45, 2.75) is 32.2 Å². The second-order valence-electron chi connectivity index (χ2n) is 4.18. The van der Waals surface area contributed by atoms with Crippen molar-refractivity contribution in [1.82, 2.24) is 10.3 Å². The van der Waals surface area contributed by atoms with Gasteiger partial charge in [0.2, 0.25) is 5.91 Å². The van der Waals surface area contributed by atoms with E-state index >= 15 is 0 Å². The van der Waals surface area contributed by atoms with E-state index in [1.54, 1.807) is 6.20 Å². The summed E-state index contributed by atoms with van der Waals surface area (Å²) in [6, 6.07) is 3.72. The lowest BCUT2D eigenvalue weighted by molar-refractivity contribution is -0.118. The van der Waals surface area contributed by atoms with Gasteiger partial charge in [-0.15, -0.1) is 0 Å². The third kappa shape index (κ3) is 2.79. The van der Waals surface area contributed by atoms with E-state index in [1.165, 1.54) is 0 Å². The topological polar surface area (TPSA) is 54.0 Å². The van der Waals surface area contributed by atoms with E-state index in [2.05, 4.69) is 15.6 Å². The van der Waals surface area contributed by atoms with E-state index in [9.17, 15) is 4.79 Å². The van der Waals surface area contributed by atoms with Gasteiger partial charge in [-0.1, -0.05) is 6.42 Å². The molecule has 0 saturated carbocycles. The molecule has 1 aliphatic rings. The van der Waals surface area contributed by atoms with E-state index in [0.717, 1.165) is 37.2 Å². The van der Waals surface area contributed by atoms with E-state index in [1.807, 2.05) is 19.1 Å². The van der Waals surface area contributed by atoms with Gasteiger partial charge in [-0.05, 0) is 38.4 Å². The Morgan fingerprint density at radius 2 is 2.38 bits per heavy atom. The zero-order valence-corrected chi connectivity index (χ0v) is 9.49. The summed E-state index contributed by atoms with van der Waals surface area (Å²) in [5.74, 6) is 0.0466. The number of carbonyl (C=O) groups is 1. The van der Waals surface area contributed by atoms with Crippen LogP contribution in [-0.4, -0.2) is 23.5 Å². The van der Waals surface area contributed by atoms with Gasteiger partial charge in [-0.2, -0.15) is 0 Å². The highest BCUT2D eigenvalue weighted by atomic mass is 16.2. The van der Waals surface area contributed by atoms with Crippen molar-refractivity contribution < 1.29 is 4.79 Å². The molecule has 0 aliphatic carbocycles. The molecule has 1 saturated heterocycles. The van der Waals surface area contributed by atoms with Gasteiger partial charge in [0.05, 0.1) is 17.9 Å². The first kappa shape index (κ1) is 11.1. The van der Waals surface area contributed by atoms with Crippen LogP contribution in [0.1, 0.15) is 25.0 Å². The summed E-state index contributed by atoms with van der Waals surface area (Å²) in [4.78, 5) is 16.0. The number of aryl methyl sites for hydroxylation is 1. The van der Waals surface area contributed by atoms with E-state index in [0.29, 0.717) is 0 Å². The molecule has 1 aromatic rings. The van der Waals surface area contributed by atoms with Gasteiger partial charge in [0.15, 0.2) is 0 Å². The lowest BCUT2D eigenvalue weighted by Crippen LogP contribution is -2.43. The van der Waals surface area contributed by atoms with Crippen LogP contribution >= 0.6 is 0 Å². The Bertz CT molecular complexity index is 355. The van der Waals surface area contributed by atoms with Gasteiger partial charge in [-0.3, -0.25) is 9.78 Å². The average Bonchev–Trinajstić information content (AvgIpc) is 2.33. The standard InChI is InChI=1S/C12H17N3O/c1-9-5-6-10(8-14-9)15-12(16)11-4-2-3-7-13-11/h5-6,8,11,13H,2-4,7H2,1H3,(H,15,16)/t11-/m0/s1. The Hall–Kier alpha value is -1.42. The minimum absolute atomic E-state index is 0.0462. The van der Waals surface area contributed by atoms with Crippen molar-refractivity contribution in [3.63, 3.8) is 0 Å². The number of piperidine rings is 1. The van der Waals surface area contributed by atoms with E-state index < -0.39 is 0 Å². The molecule has 0 bridgehead atoms. The van der Waals surface area contributed by atoms with Crippen molar-refractivity contribution >= 4 is 11.6 Å². The number of aromatic nitrogens is 1. The summed E-state index contributed by atoms with van der Waals surface area (Å²) in [6.07, 6.45) is 4.90. The molecule has 2 heterocycles. The number of amides is 1. The smallest absolute Gasteiger partial charge is 0.241 e. The summed E-state index contributed by atoms with van der Waals surface area (Å²) in [5.41, 5.74) is 1.72. The molecule has 1 atom stereocenters. The molecule has 2 rings (SSSR count). The number of hydrogen-bond donors (Lipinski definition) is 2. The largest absolute Gasteiger partial charge is 0.323 e. The second-order valence-corrected chi connectivity index (χ2v) is 4.18. The first-order chi connectivity index (χ1) is 7.75. The number of rotatable bonds is 2. The third-order valence-electron chi connectivity index (χ3n) is 2.81. The minimum atomic E-state index is -0.0462. The number of pyridine rings is 1. The molecule has 86 valence electrons. The normalized spacial score (nSPS) is 20.4. The van der Waals surface area contributed by atoms with Crippen LogP contribution in [0.2, 0.25) is 0 Å². The zero-order valence-electron chi connectivity index (χ0n) is 9.49. The fourth-order valence-electron chi connectivity index (χ4n) is 1.85. The van der Waals surface area contributed by atoms with Crippen molar-refractivity contribution in [2.75, 3.05) is 11.9 Å². The highest BCUT2D eigenvalue weighted by Crippen LogP contribution is 2.11. The second kappa shape index (κ2) is 5.07.